The molecule has 176 valence electrons. The van der Waals surface area contributed by atoms with Gasteiger partial charge in [-0.3, -0.25) is 5.32 Å². The molecule has 7 nitrogen and oxygen atoms in total. The van der Waals surface area contributed by atoms with Crippen LogP contribution in [0, 0.1) is 0 Å². The van der Waals surface area contributed by atoms with Crippen LogP contribution in [-0.4, -0.2) is 41.7 Å². The standard InChI is InChI=1S/C25H26N4O3S2/c1-3-32-24(30)21-17-8-4-5-9-19(17)33-22(21)27-25(31)26-14-18-16-10-13-28(2)15-20(16)34-23(18)29-11-6-7-12-29/h4-9,11-12H,3,10,13-15H2,1-2H3,(H2,26,27,31). The summed E-state index contributed by atoms with van der Waals surface area (Å²) in [6.45, 7) is 4.38. The first kappa shape index (κ1) is 22.6. The van der Waals surface area contributed by atoms with Gasteiger partial charge in [0.1, 0.15) is 15.6 Å². The third-order valence-corrected chi connectivity index (χ3v) is 8.26. The second kappa shape index (κ2) is 9.61. The molecule has 0 radical (unpaired) electrons. The van der Waals surface area contributed by atoms with Crippen LogP contribution in [0.2, 0.25) is 0 Å². The first-order valence-corrected chi connectivity index (χ1v) is 12.9. The van der Waals surface area contributed by atoms with Crippen molar-refractivity contribution in [1.29, 1.82) is 0 Å². The smallest absolute Gasteiger partial charge is 0.341 e. The normalized spacial score (nSPS) is 13.6. The lowest BCUT2D eigenvalue weighted by Gasteiger charge is -2.22. The lowest BCUT2D eigenvalue weighted by atomic mass is 10.0. The minimum atomic E-state index is -0.429. The minimum Gasteiger partial charge on any atom is -0.462 e. The number of amides is 2. The summed E-state index contributed by atoms with van der Waals surface area (Å²) in [5.41, 5.74) is 2.89. The van der Waals surface area contributed by atoms with Crippen LogP contribution < -0.4 is 10.6 Å². The molecule has 9 heteroatoms. The molecule has 0 atom stereocenters. The molecule has 1 aromatic carbocycles. The van der Waals surface area contributed by atoms with E-state index in [2.05, 4.69) is 27.1 Å². The van der Waals surface area contributed by atoms with Gasteiger partial charge >= 0.3 is 12.0 Å². The number of nitrogens with zero attached hydrogens (tertiary/aromatic N) is 2. The van der Waals surface area contributed by atoms with Crippen molar-refractivity contribution in [3.05, 3.63) is 70.4 Å². The number of nitrogens with one attached hydrogen (secondary N) is 2. The van der Waals surface area contributed by atoms with Crippen LogP contribution in [0.25, 0.3) is 15.1 Å². The van der Waals surface area contributed by atoms with E-state index in [1.54, 1.807) is 18.3 Å². The molecule has 0 aliphatic carbocycles. The summed E-state index contributed by atoms with van der Waals surface area (Å²) in [7, 11) is 2.13. The van der Waals surface area contributed by atoms with Gasteiger partial charge in [-0.25, -0.2) is 9.59 Å². The van der Waals surface area contributed by atoms with Crippen molar-refractivity contribution in [1.82, 2.24) is 14.8 Å². The summed E-state index contributed by atoms with van der Waals surface area (Å²) >= 11 is 3.16. The average molecular weight is 495 g/mol. The summed E-state index contributed by atoms with van der Waals surface area (Å²) in [6, 6.07) is 11.3. The van der Waals surface area contributed by atoms with Crippen molar-refractivity contribution in [2.45, 2.75) is 26.4 Å². The van der Waals surface area contributed by atoms with Crippen molar-refractivity contribution in [3.63, 3.8) is 0 Å². The number of carbonyl (C=O) groups is 2. The molecule has 5 rings (SSSR count). The molecule has 0 saturated carbocycles. The van der Waals surface area contributed by atoms with Crippen LogP contribution in [0.5, 0.6) is 0 Å². The van der Waals surface area contributed by atoms with Crippen LogP contribution >= 0.6 is 22.7 Å². The van der Waals surface area contributed by atoms with Crippen molar-refractivity contribution in [3.8, 4) is 5.00 Å². The van der Waals surface area contributed by atoms with E-state index in [1.165, 1.54) is 21.8 Å². The molecule has 4 heterocycles. The van der Waals surface area contributed by atoms with Gasteiger partial charge in [0, 0.05) is 52.6 Å². The first-order chi connectivity index (χ1) is 16.5. The molecule has 1 aliphatic heterocycles. The van der Waals surface area contributed by atoms with Crippen molar-refractivity contribution >= 4 is 49.8 Å². The Labute approximate surface area is 206 Å². The fourth-order valence-electron chi connectivity index (χ4n) is 4.30. The molecular weight excluding hydrogens is 468 g/mol. The molecule has 2 N–H and O–H groups in total. The first-order valence-electron chi connectivity index (χ1n) is 11.2. The number of likely N-dealkylation sites (N-methyl/N-ethyl adjacent to an activating group) is 1. The van der Waals surface area contributed by atoms with E-state index in [1.807, 2.05) is 48.8 Å². The van der Waals surface area contributed by atoms with Crippen LogP contribution in [0.4, 0.5) is 9.80 Å². The topological polar surface area (TPSA) is 75.6 Å². The molecule has 0 fully saturated rings. The summed E-state index contributed by atoms with van der Waals surface area (Å²) in [6.07, 6.45) is 5.03. The van der Waals surface area contributed by atoms with E-state index in [0.29, 0.717) is 17.1 Å². The highest BCUT2D eigenvalue weighted by Gasteiger charge is 2.25. The Hall–Kier alpha value is -3.14. The van der Waals surface area contributed by atoms with E-state index in [-0.39, 0.29) is 12.6 Å². The van der Waals surface area contributed by atoms with Gasteiger partial charge in [0.15, 0.2) is 0 Å². The second-order valence-electron chi connectivity index (χ2n) is 8.20. The predicted octanol–water partition coefficient (Wildman–Crippen LogP) is 5.24. The SMILES string of the molecule is CCOC(=O)c1c(NC(=O)NCc2c(-n3cccc3)sc3c2CCN(C)C3)sc2ccccc12. The number of rotatable bonds is 6. The number of hydrogen-bond donors (Lipinski definition) is 2. The van der Waals surface area contributed by atoms with Gasteiger partial charge in [-0.2, -0.15) is 0 Å². The van der Waals surface area contributed by atoms with E-state index in [4.69, 9.17) is 4.74 Å². The zero-order valence-electron chi connectivity index (χ0n) is 19.1. The Morgan fingerprint density at radius 2 is 1.91 bits per heavy atom. The summed E-state index contributed by atoms with van der Waals surface area (Å²) < 4.78 is 8.29. The monoisotopic (exact) mass is 494 g/mol. The third-order valence-electron chi connectivity index (χ3n) is 5.90. The van der Waals surface area contributed by atoms with E-state index >= 15 is 0 Å². The van der Waals surface area contributed by atoms with Crippen LogP contribution in [0.3, 0.4) is 0 Å². The van der Waals surface area contributed by atoms with Gasteiger partial charge in [0.2, 0.25) is 0 Å². The average Bonchev–Trinajstić information content (AvgIpc) is 3.54. The van der Waals surface area contributed by atoms with Crippen LogP contribution in [-0.2, 0) is 24.2 Å². The molecule has 0 bridgehead atoms. The van der Waals surface area contributed by atoms with E-state index in [9.17, 15) is 9.59 Å². The van der Waals surface area contributed by atoms with Gasteiger partial charge in [-0.15, -0.1) is 22.7 Å². The molecule has 0 saturated heterocycles. The summed E-state index contributed by atoms with van der Waals surface area (Å²) in [5.74, 6) is -0.429. The number of carbonyl (C=O) groups excluding carboxylic acids is 2. The molecule has 4 aromatic rings. The molecule has 2 amide bonds. The van der Waals surface area contributed by atoms with Crippen molar-refractivity contribution in [2.24, 2.45) is 0 Å². The lowest BCUT2D eigenvalue weighted by Crippen LogP contribution is -2.30. The van der Waals surface area contributed by atoms with Crippen molar-refractivity contribution < 1.29 is 14.3 Å². The molecule has 0 unspecified atom stereocenters. The lowest BCUT2D eigenvalue weighted by molar-refractivity contribution is 0.0530. The predicted molar refractivity (Wildman–Crippen MR) is 137 cm³/mol. The second-order valence-corrected chi connectivity index (χ2v) is 10.3. The van der Waals surface area contributed by atoms with Gasteiger partial charge in [-0.05, 0) is 44.2 Å². The quantitative estimate of drug-likeness (QED) is 0.360. The Morgan fingerprint density at radius 3 is 2.71 bits per heavy atom. The molecular formula is C25H26N4O3S2. The zero-order valence-corrected chi connectivity index (χ0v) is 20.7. The Balaban J connectivity index is 1.39. The fourth-order valence-corrected chi connectivity index (χ4v) is 6.80. The van der Waals surface area contributed by atoms with Gasteiger partial charge in [0.25, 0.3) is 0 Å². The Kier molecular flexibility index (Phi) is 6.40. The van der Waals surface area contributed by atoms with Gasteiger partial charge in [0.05, 0.1) is 6.61 Å². The number of fused-ring (bicyclic) bond motifs is 2. The van der Waals surface area contributed by atoms with Crippen LogP contribution in [0.1, 0.15) is 33.3 Å². The third kappa shape index (κ3) is 4.34. The minimum absolute atomic E-state index is 0.273. The number of aromatic nitrogens is 1. The summed E-state index contributed by atoms with van der Waals surface area (Å²) in [4.78, 5) is 29.3. The maximum absolute atomic E-state index is 13.0. The van der Waals surface area contributed by atoms with E-state index < -0.39 is 5.97 Å². The molecule has 1 aliphatic rings. The molecule has 0 spiro atoms. The van der Waals surface area contributed by atoms with Crippen molar-refractivity contribution in [2.75, 3.05) is 25.5 Å². The molecule has 34 heavy (non-hydrogen) atoms. The highest BCUT2D eigenvalue weighted by Crippen LogP contribution is 2.37. The summed E-state index contributed by atoms with van der Waals surface area (Å²) in [5, 5.41) is 8.34. The Morgan fingerprint density at radius 1 is 1.12 bits per heavy atom. The maximum atomic E-state index is 13.0. The fraction of sp³-hybridized carbons (Fsp3) is 0.280. The zero-order chi connectivity index (χ0) is 23.7. The number of ether oxygens (including phenoxy) is 1. The Bertz CT molecular complexity index is 1340. The van der Waals surface area contributed by atoms with Crippen LogP contribution in [0.15, 0.2) is 48.8 Å². The highest BCUT2D eigenvalue weighted by molar-refractivity contribution is 7.23. The number of esters is 1. The van der Waals surface area contributed by atoms with E-state index in [0.717, 1.165) is 40.2 Å². The number of thiophene rings is 2. The maximum Gasteiger partial charge on any atom is 0.341 e. The molecule has 3 aromatic heterocycles. The number of anilines is 1. The van der Waals surface area contributed by atoms with Gasteiger partial charge < -0.3 is 19.5 Å². The number of benzene rings is 1. The number of hydrogen-bond acceptors (Lipinski definition) is 6. The van der Waals surface area contributed by atoms with Gasteiger partial charge in [-0.1, -0.05) is 18.2 Å². The number of urea groups is 1. The highest BCUT2D eigenvalue weighted by atomic mass is 32.1. The largest absolute Gasteiger partial charge is 0.462 e.